The van der Waals surface area contributed by atoms with Crippen molar-refractivity contribution in [2.24, 2.45) is 5.92 Å². The Bertz CT molecular complexity index is 754. The van der Waals surface area contributed by atoms with Gasteiger partial charge in [-0.3, -0.25) is 14.6 Å². The molecule has 0 aliphatic heterocycles. The first-order valence-electron chi connectivity index (χ1n) is 9.24. The van der Waals surface area contributed by atoms with Crippen LogP contribution in [0.15, 0.2) is 48.7 Å². The van der Waals surface area contributed by atoms with Crippen molar-refractivity contribution in [3.8, 4) is 5.75 Å². The Kier molecular flexibility index (Phi) is 6.41. The molecule has 1 heterocycles. The van der Waals surface area contributed by atoms with Crippen LogP contribution in [0, 0.1) is 5.92 Å². The summed E-state index contributed by atoms with van der Waals surface area (Å²) in [6, 6.07) is 13.2. The molecule has 3 rings (SSSR count). The molecule has 1 saturated carbocycles. The van der Waals surface area contributed by atoms with Gasteiger partial charge in [0.15, 0.2) is 0 Å². The molecule has 1 amide bonds. The Morgan fingerprint density at radius 1 is 1.07 bits per heavy atom. The van der Waals surface area contributed by atoms with E-state index in [4.69, 9.17) is 9.84 Å². The fraction of sp³-hybridized carbons (Fsp3) is 0.381. The zero-order chi connectivity index (χ0) is 19.1. The van der Waals surface area contributed by atoms with E-state index in [1.165, 1.54) is 0 Å². The normalized spacial score (nSPS) is 19.3. The van der Waals surface area contributed by atoms with Crippen molar-refractivity contribution in [3.63, 3.8) is 0 Å². The molecule has 0 saturated heterocycles. The third kappa shape index (κ3) is 5.81. The van der Waals surface area contributed by atoms with Crippen LogP contribution >= 0.6 is 0 Å². The summed E-state index contributed by atoms with van der Waals surface area (Å²) in [5, 5.41) is 12.0. The van der Waals surface area contributed by atoms with E-state index >= 15 is 0 Å². The number of carbonyl (C=O) groups excluding carboxylic acids is 1. The minimum atomic E-state index is -0.731. The number of hydrogen-bond acceptors (Lipinski definition) is 4. The largest absolute Gasteiger partial charge is 0.487 e. The fourth-order valence-corrected chi connectivity index (χ4v) is 3.29. The molecule has 142 valence electrons. The average Bonchev–Trinajstić information content (AvgIpc) is 2.68. The number of carboxylic acids is 1. The molecular weight excluding hydrogens is 344 g/mol. The van der Waals surface area contributed by atoms with Crippen LogP contribution < -0.4 is 10.1 Å². The number of benzene rings is 1. The van der Waals surface area contributed by atoms with Crippen LogP contribution in [0.5, 0.6) is 5.75 Å². The third-order valence-electron chi connectivity index (χ3n) is 4.84. The van der Waals surface area contributed by atoms with E-state index in [9.17, 15) is 9.59 Å². The minimum absolute atomic E-state index is 0.0315. The summed E-state index contributed by atoms with van der Waals surface area (Å²) in [6.07, 6.45) is 4.74. The molecule has 27 heavy (non-hydrogen) atoms. The average molecular weight is 368 g/mol. The standard InChI is InChI=1S/C21H24N2O4/c24-20(23-17-8-6-16(7-9-17)21(25)26)13-15-4-10-19(11-5-15)27-14-18-3-1-2-12-22-18/h1-5,10-12,16-17H,6-9,13-14H2,(H,23,24)(H,25,26). The highest BCUT2D eigenvalue weighted by molar-refractivity contribution is 5.79. The van der Waals surface area contributed by atoms with Gasteiger partial charge in [0.1, 0.15) is 12.4 Å². The second-order valence-corrected chi connectivity index (χ2v) is 6.88. The quantitative estimate of drug-likeness (QED) is 0.784. The van der Waals surface area contributed by atoms with Crippen LogP contribution in [0.2, 0.25) is 0 Å². The van der Waals surface area contributed by atoms with Crippen molar-refractivity contribution in [3.05, 3.63) is 59.9 Å². The molecule has 0 atom stereocenters. The maximum atomic E-state index is 12.2. The van der Waals surface area contributed by atoms with Crippen molar-refractivity contribution in [1.29, 1.82) is 0 Å². The number of nitrogens with one attached hydrogen (secondary N) is 1. The Balaban J connectivity index is 1.42. The SMILES string of the molecule is O=C(Cc1ccc(OCc2ccccn2)cc1)NC1CCC(C(=O)O)CC1. The summed E-state index contributed by atoms with van der Waals surface area (Å²) in [7, 11) is 0. The minimum Gasteiger partial charge on any atom is -0.487 e. The molecular formula is C21H24N2O4. The summed E-state index contributed by atoms with van der Waals surface area (Å²) >= 11 is 0. The Labute approximate surface area is 158 Å². The van der Waals surface area contributed by atoms with Crippen LogP contribution in [0.3, 0.4) is 0 Å². The van der Waals surface area contributed by atoms with Gasteiger partial charge in [0.2, 0.25) is 5.91 Å². The van der Waals surface area contributed by atoms with Gasteiger partial charge in [-0.1, -0.05) is 18.2 Å². The van der Waals surface area contributed by atoms with E-state index in [2.05, 4.69) is 10.3 Å². The first-order valence-corrected chi connectivity index (χ1v) is 9.24. The Morgan fingerprint density at radius 3 is 2.44 bits per heavy atom. The van der Waals surface area contributed by atoms with E-state index in [-0.39, 0.29) is 17.9 Å². The smallest absolute Gasteiger partial charge is 0.306 e. The zero-order valence-electron chi connectivity index (χ0n) is 15.1. The molecule has 1 fully saturated rings. The number of carbonyl (C=O) groups is 2. The molecule has 0 unspecified atom stereocenters. The second kappa shape index (κ2) is 9.16. The lowest BCUT2D eigenvalue weighted by atomic mass is 9.86. The number of nitrogens with zero attached hydrogens (tertiary/aromatic N) is 1. The Hall–Kier alpha value is -2.89. The number of rotatable bonds is 7. The molecule has 1 aromatic carbocycles. The summed E-state index contributed by atoms with van der Waals surface area (Å²) in [5.41, 5.74) is 1.77. The summed E-state index contributed by atoms with van der Waals surface area (Å²) < 4.78 is 5.69. The van der Waals surface area contributed by atoms with Crippen LogP contribution in [-0.2, 0) is 22.6 Å². The molecule has 0 radical (unpaired) electrons. The lowest BCUT2D eigenvalue weighted by Gasteiger charge is -2.26. The van der Waals surface area contributed by atoms with Gasteiger partial charge in [0.25, 0.3) is 0 Å². The molecule has 6 nitrogen and oxygen atoms in total. The van der Waals surface area contributed by atoms with Crippen molar-refractivity contribution in [2.75, 3.05) is 0 Å². The number of ether oxygens (including phenoxy) is 1. The zero-order valence-corrected chi connectivity index (χ0v) is 15.1. The number of aromatic nitrogens is 1. The number of hydrogen-bond donors (Lipinski definition) is 2. The van der Waals surface area contributed by atoms with E-state index in [0.29, 0.717) is 25.9 Å². The second-order valence-electron chi connectivity index (χ2n) is 6.88. The van der Waals surface area contributed by atoms with Gasteiger partial charge in [-0.05, 0) is 55.5 Å². The lowest BCUT2D eigenvalue weighted by molar-refractivity contribution is -0.142. The van der Waals surface area contributed by atoms with Gasteiger partial charge in [-0.15, -0.1) is 0 Å². The molecule has 1 aliphatic carbocycles. The van der Waals surface area contributed by atoms with Crippen molar-refractivity contribution >= 4 is 11.9 Å². The first-order chi connectivity index (χ1) is 13.1. The molecule has 2 aromatic rings. The van der Waals surface area contributed by atoms with Gasteiger partial charge in [0, 0.05) is 12.2 Å². The number of pyridine rings is 1. The predicted octanol–water partition coefficient (Wildman–Crippen LogP) is 2.96. The van der Waals surface area contributed by atoms with E-state index in [1.54, 1.807) is 6.20 Å². The molecule has 1 aromatic heterocycles. The summed E-state index contributed by atoms with van der Waals surface area (Å²) in [5.74, 6) is -0.297. The molecule has 6 heteroatoms. The Morgan fingerprint density at radius 2 is 1.81 bits per heavy atom. The number of amides is 1. The maximum absolute atomic E-state index is 12.2. The first kappa shape index (κ1) is 18.9. The predicted molar refractivity (Wildman–Crippen MR) is 100 cm³/mol. The third-order valence-corrected chi connectivity index (χ3v) is 4.84. The van der Waals surface area contributed by atoms with Gasteiger partial charge in [-0.25, -0.2) is 0 Å². The summed E-state index contributed by atoms with van der Waals surface area (Å²) in [6.45, 7) is 0.402. The fourth-order valence-electron chi connectivity index (χ4n) is 3.29. The molecule has 2 N–H and O–H groups in total. The van der Waals surface area contributed by atoms with Crippen molar-refractivity contribution in [1.82, 2.24) is 10.3 Å². The molecule has 0 spiro atoms. The van der Waals surface area contributed by atoms with E-state index in [1.807, 2.05) is 42.5 Å². The van der Waals surface area contributed by atoms with E-state index < -0.39 is 5.97 Å². The van der Waals surface area contributed by atoms with Crippen molar-refractivity contribution in [2.45, 2.75) is 44.8 Å². The highest BCUT2D eigenvalue weighted by Crippen LogP contribution is 2.24. The number of carboxylic acid groups (broad SMARTS) is 1. The van der Waals surface area contributed by atoms with Crippen LogP contribution in [0.1, 0.15) is 36.9 Å². The topological polar surface area (TPSA) is 88.5 Å². The van der Waals surface area contributed by atoms with Crippen LogP contribution in [-0.4, -0.2) is 28.0 Å². The highest BCUT2D eigenvalue weighted by Gasteiger charge is 2.26. The van der Waals surface area contributed by atoms with Crippen LogP contribution in [0.25, 0.3) is 0 Å². The lowest BCUT2D eigenvalue weighted by Crippen LogP contribution is -2.39. The van der Waals surface area contributed by atoms with Gasteiger partial charge < -0.3 is 15.2 Å². The van der Waals surface area contributed by atoms with Gasteiger partial charge in [0.05, 0.1) is 18.0 Å². The maximum Gasteiger partial charge on any atom is 0.306 e. The van der Waals surface area contributed by atoms with E-state index in [0.717, 1.165) is 29.8 Å². The molecule has 0 bridgehead atoms. The highest BCUT2D eigenvalue weighted by atomic mass is 16.5. The number of aliphatic carboxylic acids is 1. The van der Waals surface area contributed by atoms with Gasteiger partial charge in [-0.2, -0.15) is 0 Å². The van der Waals surface area contributed by atoms with Gasteiger partial charge >= 0.3 is 5.97 Å². The van der Waals surface area contributed by atoms with Crippen LogP contribution in [0.4, 0.5) is 0 Å². The summed E-state index contributed by atoms with van der Waals surface area (Å²) in [4.78, 5) is 27.4. The van der Waals surface area contributed by atoms with Crippen molar-refractivity contribution < 1.29 is 19.4 Å². The molecule has 1 aliphatic rings. The monoisotopic (exact) mass is 368 g/mol.